The van der Waals surface area contributed by atoms with Gasteiger partial charge in [0.1, 0.15) is 5.75 Å². The average molecular weight is 489 g/mol. The molecule has 1 aromatic heterocycles. The van der Waals surface area contributed by atoms with Crippen LogP contribution in [0.5, 0.6) is 5.75 Å². The maximum atomic E-state index is 6.04. The molecule has 0 aliphatic carbocycles. The van der Waals surface area contributed by atoms with E-state index in [9.17, 15) is 0 Å². The molecule has 0 radical (unpaired) electrons. The summed E-state index contributed by atoms with van der Waals surface area (Å²) in [6.07, 6.45) is 0. The first-order chi connectivity index (χ1) is 16.5. The van der Waals surface area contributed by atoms with E-state index in [-0.39, 0.29) is 6.04 Å². The van der Waals surface area contributed by atoms with Crippen molar-refractivity contribution < 1.29 is 9.26 Å². The van der Waals surface area contributed by atoms with Gasteiger partial charge in [0.05, 0.1) is 18.7 Å². The molecule has 1 aliphatic rings. The Morgan fingerprint density at radius 3 is 2.38 bits per heavy atom. The predicted molar refractivity (Wildman–Crippen MR) is 138 cm³/mol. The lowest BCUT2D eigenvalue weighted by molar-refractivity contribution is 0.404. The van der Waals surface area contributed by atoms with Crippen LogP contribution < -0.4 is 15.0 Å². The zero-order valence-corrected chi connectivity index (χ0v) is 20.1. The van der Waals surface area contributed by atoms with E-state index < -0.39 is 0 Å². The lowest BCUT2D eigenvalue weighted by atomic mass is 9.94. The Balaban J connectivity index is 1.63. The van der Waals surface area contributed by atoms with E-state index in [4.69, 9.17) is 38.1 Å². The molecule has 8 heteroatoms. The summed E-state index contributed by atoms with van der Waals surface area (Å²) in [6, 6.07) is 24.8. The summed E-state index contributed by atoms with van der Waals surface area (Å²) < 4.78 is 11.1. The predicted octanol–water partition coefficient (Wildman–Crippen LogP) is 6.27. The van der Waals surface area contributed by atoms with E-state index in [2.05, 4.69) is 10.5 Å². The summed E-state index contributed by atoms with van der Waals surface area (Å²) in [5.41, 5.74) is 4.51. The van der Waals surface area contributed by atoms with Gasteiger partial charge in [-0.15, -0.1) is 0 Å². The molecule has 1 aliphatic heterocycles. The number of benzene rings is 3. The lowest BCUT2D eigenvalue weighted by Gasteiger charge is -2.37. The van der Waals surface area contributed by atoms with Crippen LogP contribution >= 0.6 is 23.8 Å². The Kier molecular flexibility index (Phi) is 6.04. The molecule has 1 unspecified atom stereocenters. The molecule has 0 spiro atoms. The van der Waals surface area contributed by atoms with Crippen LogP contribution in [-0.2, 0) is 0 Å². The fourth-order valence-corrected chi connectivity index (χ4v) is 4.49. The fraction of sp³-hybridized carbons (Fsp3) is 0.115. The van der Waals surface area contributed by atoms with Crippen LogP contribution in [0.1, 0.15) is 24.4 Å². The number of hydrogen-bond acceptors (Lipinski definition) is 5. The van der Waals surface area contributed by atoms with Crippen LogP contribution in [0.4, 0.5) is 5.69 Å². The Bertz CT molecular complexity index is 1350. The van der Waals surface area contributed by atoms with Crippen LogP contribution in [0, 0.1) is 0 Å². The molecule has 6 nitrogen and oxygen atoms in total. The van der Waals surface area contributed by atoms with Gasteiger partial charge < -0.3 is 14.6 Å². The van der Waals surface area contributed by atoms with Gasteiger partial charge in [-0.2, -0.15) is 4.98 Å². The van der Waals surface area contributed by atoms with E-state index >= 15 is 0 Å². The molecule has 170 valence electrons. The van der Waals surface area contributed by atoms with Gasteiger partial charge in [-0.1, -0.05) is 47.1 Å². The quantitative estimate of drug-likeness (QED) is 0.332. The van der Waals surface area contributed by atoms with Crippen LogP contribution in [0.15, 0.2) is 89.1 Å². The minimum Gasteiger partial charge on any atom is -0.497 e. The fourth-order valence-electron chi connectivity index (χ4n) is 4.00. The summed E-state index contributed by atoms with van der Waals surface area (Å²) in [5.74, 6) is 1.68. The lowest BCUT2D eigenvalue weighted by Crippen LogP contribution is -2.46. The molecule has 4 aromatic rings. The minimum absolute atomic E-state index is 0.281. The largest absolute Gasteiger partial charge is 0.497 e. The van der Waals surface area contributed by atoms with Crippen LogP contribution in [-0.4, -0.2) is 22.4 Å². The van der Waals surface area contributed by atoms with Crippen molar-refractivity contribution in [1.29, 1.82) is 0 Å². The molecule has 5 rings (SSSR count). The molecular formula is C26H21ClN4O2S. The summed E-state index contributed by atoms with van der Waals surface area (Å²) in [7, 11) is 1.65. The number of rotatable bonds is 5. The zero-order valence-electron chi connectivity index (χ0n) is 18.5. The van der Waals surface area contributed by atoms with Crippen LogP contribution in [0.25, 0.3) is 17.0 Å². The molecule has 0 bridgehead atoms. The zero-order chi connectivity index (χ0) is 23.7. The molecule has 1 N–H and O–H groups in total. The number of thiocarbonyl (C=S) groups is 1. The second-order valence-electron chi connectivity index (χ2n) is 7.76. The van der Waals surface area contributed by atoms with Gasteiger partial charge in [-0.3, -0.25) is 4.90 Å². The molecule has 3 aromatic carbocycles. The number of halogens is 1. The highest BCUT2D eigenvalue weighted by Gasteiger charge is 2.34. The highest BCUT2D eigenvalue weighted by molar-refractivity contribution is 7.80. The van der Waals surface area contributed by atoms with Crippen LogP contribution in [0.3, 0.4) is 0 Å². The van der Waals surface area contributed by atoms with Gasteiger partial charge in [0.15, 0.2) is 5.11 Å². The van der Waals surface area contributed by atoms with Crippen molar-refractivity contribution in [2.24, 2.45) is 0 Å². The third-order valence-corrected chi connectivity index (χ3v) is 6.26. The second-order valence-corrected chi connectivity index (χ2v) is 8.58. The third-order valence-electron chi connectivity index (χ3n) is 5.71. The van der Waals surface area contributed by atoms with Crippen molar-refractivity contribution in [2.45, 2.75) is 13.0 Å². The summed E-state index contributed by atoms with van der Waals surface area (Å²) in [4.78, 5) is 6.72. The van der Waals surface area contributed by atoms with Gasteiger partial charge in [0.25, 0.3) is 5.89 Å². The minimum atomic E-state index is -0.281. The number of allylic oxidation sites excluding steroid dienone is 1. The van der Waals surface area contributed by atoms with Crippen LogP contribution in [0.2, 0.25) is 5.02 Å². The number of methoxy groups -OCH3 is 1. The maximum absolute atomic E-state index is 6.04. The first-order valence-electron chi connectivity index (χ1n) is 10.7. The van der Waals surface area contributed by atoms with E-state index in [1.54, 1.807) is 19.2 Å². The monoisotopic (exact) mass is 488 g/mol. The first kappa shape index (κ1) is 22.1. The number of hydrogen-bond donors (Lipinski definition) is 1. The van der Waals surface area contributed by atoms with Gasteiger partial charge >= 0.3 is 0 Å². The van der Waals surface area contributed by atoms with Gasteiger partial charge in [0, 0.05) is 22.0 Å². The molecular weight excluding hydrogens is 468 g/mol. The standard InChI is InChI=1S/C26H21ClN4O2S/c1-16-22(25-29-24(30-33-25)18-8-12-19(27)13-9-18)23(17-10-14-21(32-2)15-11-17)28-26(34)31(16)20-6-4-3-5-7-20/h3-15,23H,1-2H3,(H,28,34). The second kappa shape index (κ2) is 9.29. The maximum Gasteiger partial charge on any atom is 0.258 e. The highest BCUT2D eigenvalue weighted by Crippen LogP contribution is 2.39. The molecule has 0 amide bonds. The van der Waals surface area contributed by atoms with Crippen molar-refractivity contribution >= 4 is 40.2 Å². The van der Waals surface area contributed by atoms with Crippen molar-refractivity contribution in [3.05, 3.63) is 101 Å². The smallest absolute Gasteiger partial charge is 0.258 e. The molecule has 0 fully saturated rings. The Morgan fingerprint density at radius 2 is 1.71 bits per heavy atom. The molecule has 0 saturated heterocycles. The summed E-state index contributed by atoms with van der Waals surface area (Å²) in [5, 5.41) is 8.94. The number of nitrogens with zero attached hydrogens (tertiary/aromatic N) is 3. The average Bonchev–Trinajstić information content (AvgIpc) is 3.34. The molecule has 2 heterocycles. The van der Waals surface area contributed by atoms with E-state index in [0.717, 1.165) is 33.8 Å². The topological polar surface area (TPSA) is 63.4 Å². The SMILES string of the molecule is COc1ccc(C2NC(=S)N(c3ccccc3)C(C)=C2c2nc(-c3ccc(Cl)cc3)no2)cc1. The third kappa shape index (κ3) is 4.16. The van der Waals surface area contributed by atoms with E-state index in [0.29, 0.717) is 21.9 Å². The Hall–Kier alpha value is -3.68. The van der Waals surface area contributed by atoms with Crippen molar-refractivity contribution in [1.82, 2.24) is 15.5 Å². The van der Waals surface area contributed by atoms with E-state index in [1.807, 2.05) is 78.6 Å². The van der Waals surface area contributed by atoms with Crippen molar-refractivity contribution in [2.75, 3.05) is 12.0 Å². The number of nitrogens with one attached hydrogen (secondary N) is 1. The van der Waals surface area contributed by atoms with E-state index in [1.165, 1.54) is 0 Å². The van der Waals surface area contributed by atoms with Crippen molar-refractivity contribution in [3.8, 4) is 17.1 Å². The Labute approximate surface area is 207 Å². The molecule has 1 atom stereocenters. The Morgan fingerprint density at radius 1 is 1.00 bits per heavy atom. The molecule has 34 heavy (non-hydrogen) atoms. The van der Waals surface area contributed by atoms with Gasteiger partial charge in [0.2, 0.25) is 5.82 Å². The summed E-state index contributed by atoms with van der Waals surface area (Å²) in [6.45, 7) is 2.01. The van der Waals surface area contributed by atoms with Crippen molar-refractivity contribution in [3.63, 3.8) is 0 Å². The highest BCUT2D eigenvalue weighted by atomic mass is 35.5. The first-order valence-corrected chi connectivity index (χ1v) is 11.4. The molecule has 0 saturated carbocycles. The van der Waals surface area contributed by atoms with Gasteiger partial charge in [-0.05, 0) is 73.2 Å². The van der Waals surface area contributed by atoms with Gasteiger partial charge in [-0.25, -0.2) is 0 Å². The number of para-hydroxylation sites is 1. The number of ether oxygens (including phenoxy) is 1. The normalized spacial score (nSPS) is 15.9. The number of aromatic nitrogens is 2. The summed E-state index contributed by atoms with van der Waals surface area (Å²) >= 11 is 11.8. The number of anilines is 1.